The second kappa shape index (κ2) is 4.55. The molecule has 1 aliphatic rings. The number of benzene rings is 1. The molecule has 0 bridgehead atoms. The number of hydrogen-bond donors (Lipinski definition) is 2. The van der Waals surface area contributed by atoms with E-state index in [0.717, 1.165) is 19.4 Å². The number of aromatic amines is 1. The summed E-state index contributed by atoms with van der Waals surface area (Å²) in [6.45, 7) is 1.25. The van der Waals surface area contributed by atoms with Crippen LogP contribution < -0.4 is 5.69 Å². The van der Waals surface area contributed by atoms with Crippen LogP contribution in [0.25, 0.3) is 11.0 Å². The summed E-state index contributed by atoms with van der Waals surface area (Å²) in [6.07, 6.45) is 2.04. The fourth-order valence-electron chi connectivity index (χ4n) is 2.47. The number of hydrogen-bond acceptors (Lipinski definition) is 3. The van der Waals surface area contributed by atoms with Gasteiger partial charge < -0.3 is 14.8 Å². The largest absolute Gasteiger partial charge is 0.478 e. The first-order chi connectivity index (χ1) is 9.15. The van der Waals surface area contributed by atoms with Crippen LogP contribution in [0.5, 0.6) is 0 Å². The average Bonchev–Trinajstić information content (AvgIpc) is 2.98. The van der Waals surface area contributed by atoms with E-state index in [1.165, 1.54) is 12.1 Å². The van der Waals surface area contributed by atoms with Gasteiger partial charge in [-0.15, -0.1) is 0 Å². The Balaban J connectivity index is 2.02. The Morgan fingerprint density at radius 2 is 2.37 bits per heavy atom. The molecule has 2 heterocycles. The van der Waals surface area contributed by atoms with E-state index in [2.05, 4.69) is 4.98 Å². The number of imidazole rings is 1. The van der Waals surface area contributed by atoms with Crippen LogP contribution >= 0.6 is 0 Å². The number of nitrogens with one attached hydrogen (secondary N) is 1. The second-order valence-corrected chi connectivity index (χ2v) is 4.71. The lowest BCUT2D eigenvalue weighted by molar-refractivity contribution is 0.0697. The highest BCUT2D eigenvalue weighted by atomic mass is 16.5. The van der Waals surface area contributed by atoms with E-state index in [1.54, 1.807) is 10.6 Å². The molecule has 1 atom stereocenters. The maximum atomic E-state index is 11.9. The van der Waals surface area contributed by atoms with Gasteiger partial charge in [-0.25, -0.2) is 9.59 Å². The van der Waals surface area contributed by atoms with E-state index in [1.807, 2.05) is 0 Å². The molecule has 0 spiro atoms. The van der Waals surface area contributed by atoms with Crippen molar-refractivity contribution in [3.63, 3.8) is 0 Å². The third kappa shape index (κ3) is 2.15. The van der Waals surface area contributed by atoms with Crippen LogP contribution in [0.15, 0.2) is 23.0 Å². The van der Waals surface area contributed by atoms with Crippen LogP contribution in [-0.4, -0.2) is 33.3 Å². The first-order valence-electron chi connectivity index (χ1n) is 6.22. The van der Waals surface area contributed by atoms with Crippen molar-refractivity contribution in [1.29, 1.82) is 0 Å². The Morgan fingerprint density at radius 1 is 1.53 bits per heavy atom. The minimum absolute atomic E-state index is 0.0656. The summed E-state index contributed by atoms with van der Waals surface area (Å²) in [5, 5.41) is 8.93. The Bertz CT molecular complexity index is 679. The van der Waals surface area contributed by atoms with E-state index in [4.69, 9.17) is 9.84 Å². The molecule has 1 aromatic heterocycles. The molecule has 1 saturated heterocycles. The van der Waals surface area contributed by atoms with Crippen molar-refractivity contribution < 1.29 is 14.6 Å². The van der Waals surface area contributed by atoms with Gasteiger partial charge in [0.15, 0.2) is 0 Å². The number of aromatic carboxylic acids is 1. The number of rotatable bonds is 3. The topological polar surface area (TPSA) is 84.3 Å². The van der Waals surface area contributed by atoms with Crippen molar-refractivity contribution in [2.75, 3.05) is 6.61 Å². The highest BCUT2D eigenvalue weighted by Crippen LogP contribution is 2.17. The Kier molecular flexibility index (Phi) is 2.87. The van der Waals surface area contributed by atoms with Gasteiger partial charge in [0.25, 0.3) is 0 Å². The van der Waals surface area contributed by atoms with Crippen molar-refractivity contribution in [2.45, 2.75) is 25.5 Å². The number of carboxylic acids is 1. The van der Waals surface area contributed by atoms with Crippen molar-refractivity contribution in [2.24, 2.45) is 0 Å². The standard InChI is InChI=1S/C13H14N2O4/c16-12(17)8-3-4-11-10(6-8)14-13(18)15(11)7-9-2-1-5-19-9/h3-4,6,9H,1-2,5,7H2,(H,14,18)(H,16,17). The van der Waals surface area contributed by atoms with Crippen LogP contribution in [0.3, 0.4) is 0 Å². The number of nitrogens with zero attached hydrogens (tertiary/aromatic N) is 1. The molecule has 1 unspecified atom stereocenters. The predicted molar refractivity (Wildman–Crippen MR) is 68.5 cm³/mol. The summed E-state index contributed by atoms with van der Waals surface area (Å²) < 4.78 is 7.13. The molecule has 2 N–H and O–H groups in total. The van der Waals surface area contributed by atoms with E-state index in [-0.39, 0.29) is 17.4 Å². The van der Waals surface area contributed by atoms with Crippen molar-refractivity contribution >= 4 is 17.0 Å². The average molecular weight is 262 g/mol. The number of carboxylic acid groups (broad SMARTS) is 1. The number of ether oxygens (including phenoxy) is 1. The summed E-state index contributed by atoms with van der Waals surface area (Å²) in [5.74, 6) is -1.00. The normalized spacial score (nSPS) is 19.1. The fourth-order valence-corrected chi connectivity index (χ4v) is 2.47. The van der Waals surface area contributed by atoms with Gasteiger partial charge in [-0.1, -0.05) is 0 Å². The van der Waals surface area contributed by atoms with Crippen LogP contribution in [0.2, 0.25) is 0 Å². The zero-order chi connectivity index (χ0) is 13.4. The van der Waals surface area contributed by atoms with Gasteiger partial charge >= 0.3 is 11.7 Å². The van der Waals surface area contributed by atoms with Gasteiger partial charge in [0.1, 0.15) is 0 Å². The van der Waals surface area contributed by atoms with Crippen molar-refractivity contribution in [3.8, 4) is 0 Å². The number of fused-ring (bicyclic) bond motifs is 1. The summed E-state index contributed by atoms with van der Waals surface area (Å²) in [5.41, 5.74) is 1.19. The molecule has 19 heavy (non-hydrogen) atoms. The molecule has 6 nitrogen and oxygen atoms in total. The summed E-state index contributed by atoms with van der Waals surface area (Å²) in [4.78, 5) is 25.5. The fraction of sp³-hybridized carbons (Fsp3) is 0.385. The lowest BCUT2D eigenvalue weighted by Gasteiger charge is -2.10. The van der Waals surface area contributed by atoms with Crippen molar-refractivity contribution in [3.05, 3.63) is 34.2 Å². The van der Waals surface area contributed by atoms with Gasteiger partial charge in [-0.3, -0.25) is 4.57 Å². The van der Waals surface area contributed by atoms with Crippen LogP contribution in [0, 0.1) is 0 Å². The molecule has 1 aliphatic heterocycles. The highest BCUT2D eigenvalue weighted by Gasteiger charge is 2.19. The number of carbonyl (C=O) groups is 1. The molecule has 1 aromatic carbocycles. The lowest BCUT2D eigenvalue weighted by Crippen LogP contribution is -2.24. The zero-order valence-electron chi connectivity index (χ0n) is 10.3. The van der Waals surface area contributed by atoms with E-state index < -0.39 is 5.97 Å². The monoisotopic (exact) mass is 262 g/mol. The van der Waals surface area contributed by atoms with E-state index in [0.29, 0.717) is 17.6 Å². The summed E-state index contributed by atoms with van der Waals surface area (Å²) >= 11 is 0. The summed E-state index contributed by atoms with van der Waals surface area (Å²) in [7, 11) is 0. The Hall–Kier alpha value is -2.08. The third-order valence-electron chi connectivity index (χ3n) is 3.43. The maximum Gasteiger partial charge on any atom is 0.335 e. The highest BCUT2D eigenvalue weighted by molar-refractivity contribution is 5.92. The SMILES string of the molecule is O=C(O)c1ccc2c(c1)[nH]c(=O)n2CC1CCCO1. The molecular formula is C13H14N2O4. The molecule has 3 rings (SSSR count). The first kappa shape index (κ1) is 12.0. The van der Waals surface area contributed by atoms with Gasteiger partial charge in [-0.05, 0) is 31.0 Å². The van der Waals surface area contributed by atoms with Gasteiger partial charge in [0.2, 0.25) is 0 Å². The smallest absolute Gasteiger partial charge is 0.335 e. The quantitative estimate of drug-likeness (QED) is 0.870. The zero-order valence-corrected chi connectivity index (χ0v) is 10.3. The molecular weight excluding hydrogens is 248 g/mol. The van der Waals surface area contributed by atoms with Gasteiger partial charge in [0.05, 0.1) is 29.2 Å². The Labute approximate surface area is 108 Å². The molecule has 0 saturated carbocycles. The second-order valence-electron chi connectivity index (χ2n) is 4.71. The number of aromatic nitrogens is 2. The molecule has 0 amide bonds. The molecule has 0 aliphatic carbocycles. The van der Waals surface area contributed by atoms with E-state index >= 15 is 0 Å². The van der Waals surface area contributed by atoms with Crippen molar-refractivity contribution in [1.82, 2.24) is 9.55 Å². The van der Waals surface area contributed by atoms with E-state index in [9.17, 15) is 9.59 Å². The molecule has 6 heteroatoms. The van der Waals surface area contributed by atoms with Crippen LogP contribution in [0.4, 0.5) is 0 Å². The summed E-state index contributed by atoms with van der Waals surface area (Å²) in [6, 6.07) is 4.64. The minimum Gasteiger partial charge on any atom is -0.478 e. The molecule has 2 aromatic rings. The van der Waals surface area contributed by atoms with Crippen LogP contribution in [0.1, 0.15) is 23.2 Å². The lowest BCUT2D eigenvalue weighted by atomic mass is 10.2. The first-order valence-corrected chi connectivity index (χ1v) is 6.22. The van der Waals surface area contributed by atoms with Crippen LogP contribution in [-0.2, 0) is 11.3 Å². The molecule has 100 valence electrons. The predicted octanol–water partition coefficient (Wildman–Crippen LogP) is 1.21. The van der Waals surface area contributed by atoms with Gasteiger partial charge in [0, 0.05) is 6.61 Å². The number of H-pyrrole nitrogens is 1. The van der Waals surface area contributed by atoms with Gasteiger partial charge in [-0.2, -0.15) is 0 Å². The third-order valence-corrected chi connectivity index (χ3v) is 3.43. The maximum absolute atomic E-state index is 11.9. The minimum atomic E-state index is -1.00. The molecule has 1 fully saturated rings. The molecule has 0 radical (unpaired) electrons. The Morgan fingerprint density at radius 3 is 3.05 bits per heavy atom.